The Morgan fingerprint density at radius 2 is 1.70 bits per heavy atom. The van der Waals surface area contributed by atoms with Crippen LogP contribution >= 0.6 is 0 Å². The molecule has 0 spiro atoms. The quantitative estimate of drug-likeness (QED) is 0.266. The third-order valence-corrected chi connectivity index (χ3v) is 7.01. The second kappa shape index (κ2) is 10.5. The smallest absolute Gasteiger partial charge is 0.346 e. The van der Waals surface area contributed by atoms with E-state index in [0.717, 1.165) is 16.1 Å². The normalized spacial score (nSPS) is 14.0. The van der Waals surface area contributed by atoms with Crippen LogP contribution < -0.4 is 20.1 Å². The lowest BCUT2D eigenvalue weighted by atomic mass is 9.99. The zero-order valence-corrected chi connectivity index (χ0v) is 21.6. The zero-order chi connectivity index (χ0) is 26.7. The molecule has 1 heterocycles. The van der Waals surface area contributed by atoms with Gasteiger partial charge in [-0.05, 0) is 35.4 Å². The van der Waals surface area contributed by atoms with Gasteiger partial charge in [0.1, 0.15) is 12.3 Å². The van der Waals surface area contributed by atoms with Gasteiger partial charge in [0.2, 0.25) is 15.9 Å². The Kier molecular flexibility index (Phi) is 7.33. The fourth-order valence-corrected chi connectivity index (χ4v) is 4.74. The minimum atomic E-state index is -3.76. The van der Waals surface area contributed by atoms with E-state index in [4.69, 9.17) is 10.5 Å². The van der Waals surface area contributed by atoms with Crippen molar-refractivity contribution in [3.05, 3.63) is 89.5 Å². The van der Waals surface area contributed by atoms with Crippen LogP contribution in [0, 0.1) is 0 Å². The van der Waals surface area contributed by atoms with Crippen LogP contribution in [0.3, 0.4) is 0 Å². The highest BCUT2D eigenvalue weighted by molar-refractivity contribution is 7.92. The minimum Gasteiger partial charge on any atom is -0.422 e. The SMILES string of the molecule is CN(C)C(=O)CN(c1cccc(N/C(=C2\C(=O)Oc3ccccc32)c2ccc(CN)cc2)c1)S(C)(=O)=O. The summed E-state index contributed by atoms with van der Waals surface area (Å²) in [7, 11) is -0.630. The van der Waals surface area contributed by atoms with Crippen molar-refractivity contribution in [1.82, 2.24) is 4.90 Å². The number of hydrogen-bond donors (Lipinski definition) is 2. The van der Waals surface area contributed by atoms with Gasteiger partial charge in [0.15, 0.2) is 0 Å². The Hall–Kier alpha value is -4.15. The fourth-order valence-electron chi connectivity index (χ4n) is 3.89. The maximum atomic E-state index is 13.0. The first-order chi connectivity index (χ1) is 17.6. The van der Waals surface area contributed by atoms with Crippen molar-refractivity contribution in [3.63, 3.8) is 0 Å². The lowest BCUT2D eigenvalue weighted by Gasteiger charge is -2.24. The molecule has 1 aliphatic heterocycles. The molecule has 3 aromatic carbocycles. The number of amides is 1. The zero-order valence-electron chi connectivity index (χ0n) is 20.8. The van der Waals surface area contributed by atoms with Crippen LogP contribution in [0.1, 0.15) is 16.7 Å². The third-order valence-electron chi connectivity index (χ3n) is 5.87. The lowest BCUT2D eigenvalue weighted by molar-refractivity contribution is -0.127. The van der Waals surface area contributed by atoms with Gasteiger partial charge in [-0.1, -0.05) is 48.5 Å². The van der Waals surface area contributed by atoms with Gasteiger partial charge in [-0.3, -0.25) is 9.10 Å². The molecular weight excluding hydrogens is 492 g/mol. The van der Waals surface area contributed by atoms with Gasteiger partial charge in [-0.2, -0.15) is 0 Å². The van der Waals surface area contributed by atoms with E-state index in [-0.39, 0.29) is 12.5 Å². The molecule has 3 aromatic rings. The first-order valence-electron chi connectivity index (χ1n) is 11.5. The number of nitrogens with one attached hydrogen (secondary N) is 1. The maximum Gasteiger partial charge on any atom is 0.346 e. The number of carbonyl (C=O) groups excluding carboxylic acids is 2. The predicted octanol–water partition coefficient (Wildman–Crippen LogP) is 2.90. The van der Waals surface area contributed by atoms with E-state index in [1.165, 1.54) is 4.90 Å². The van der Waals surface area contributed by atoms with Crippen molar-refractivity contribution in [2.45, 2.75) is 6.54 Å². The summed E-state index contributed by atoms with van der Waals surface area (Å²) >= 11 is 0. The molecule has 10 heteroatoms. The summed E-state index contributed by atoms with van der Waals surface area (Å²) in [4.78, 5) is 26.6. The van der Waals surface area contributed by atoms with Crippen LogP contribution in [0.4, 0.5) is 11.4 Å². The summed E-state index contributed by atoms with van der Waals surface area (Å²) < 4.78 is 31.6. The first kappa shape index (κ1) is 25.9. The molecule has 0 unspecified atom stereocenters. The number of para-hydroxylation sites is 1. The average molecular weight is 521 g/mol. The number of ether oxygens (including phenoxy) is 1. The number of likely N-dealkylation sites (N-methyl/N-ethyl adjacent to an activating group) is 1. The number of nitrogens with two attached hydrogens (primary N) is 1. The molecule has 0 bridgehead atoms. The second-order valence-corrected chi connectivity index (χ2v) is 10.7. The van der Waals surface area contributed by atoms with Crippen molar-refractivity contribution in [2.75, 3.05) is 36.5 Å². The molecule has 37 heavy (non-hydrogen) atoms. The van der Waals surface area contributed by atoms with Gasteiger partial charge in [0.05, 0.1) is 23.2 Å². The Balaban J connectivity index is 1.81. The summed E-state index contributed by atoms with van der Waals surface area (Å²) in [6.45, 7) is 0.0308. The van der Waals surface area contributed by atoms with Crippen molar-refractivity contribution in [2.24, 2.45) is 5.73 Å². The van der Waals surface area contributed by atoms with Gasteiger partial charge >= 0.3 is 5.97 Å². The van der Waals surface area contributed by atoms with Crippen molar-refractivity contribution in [3.8, 4) is 5.75 Å². The van der Waals surface area contributed by atoms with Gasteiger partial charge in [-0.25, -0.2) is 13.2 Å². The summed E-state index contributed by atoms with van der Waals surface area (Å²) in [6, 6.07) is 21.2. The molecule has 0 saturated carbocycles. The topological polar surface area (TPSA) is 122 Å². The number of sulfonamides is 1. The Morgan fingerprint density at radius 1 is 1.00 bits per heavy atom. The van der Waals surface area contributed by atoms with Crippen LogP contribution in [-0.4, -0.2) is 52.1 Å². The van der Waals surface area contributed by atoms with Crippen LogP contribution in [-0.2, 0) is 26.2 Å². The van der Waals surface area contributed by atoms with E-state index >= 15 is 0 Å². The van der Waals surface area contributed by atoms with Gasteiger partial charge in [-0.15, -0.1) is 0 Å². The largest absolute Gasteiger partial charge is 0.422 e. The number of hydrogen-bond acceptors (Lipinski definition) is 7. The Labute approximate surface area is 216 Å². The molecule has 4 rings (SSSR count). The molecule has 1 aliphatic rings. The number of rotatable bonds is 8. The van der Waals surface area contributed by atoms with E-state index < -0.39 is 16.0 Å². The number of carbonyl (C=O) groups is 2. The maximum absolute atomic E-state index is 13.0. The number of fused-ring (bicyclic) bond motifs is 1. The third kappa shape index (κ3) is 5.65. The van der Waals surface area contributed by atoms with E-state index in [2.05, 4.69) is 5.32 Å². The lowest BCUT2D eigenvalue weighted by Crippen LogP contribution is -2.39. The van der Waals surface area contributed by atoms with E-state index in [9.17, 15) is 18.0 Å². The highest BCUT2D eigenvalue weighted by Crippen LogP contribution is 2.39. The van der Waals surface area contributed by atoms with Crippen LogP contribution in [0.5, 0.6) is 5.75 Å². The standard InChI is InChI=1S/C27H28N4O5S/c1-30(2)24(32)17-31(37(3,34)35)21-8-6-7-20(15-21)29-26(19-13-11-18(16-28)12-14-19)25-22-9-4-5-10-23(22)36-27(25)33/h4-15,29H,16-17,28H2,1-3H3/b26-25-. The van der Waals surface area contributed by atoms with Gasteiger partial charge in [0.25, 0.3) is 0 Å². The van der Waals surface area contributed by atoms with E-state index in [0.29, 0.717) is 46.1 Å². The Morgan fingerprint density at radius 3 is 2.35 bits per heavy atom. The number of nitrogens with zero attached hydrogens (tertiary/aromatic N) is 2. The number of benzene rings is 3. The molecule has 3 N–H and O–H groups in total. The van der Waals surface area contributed by atoms with E-state index in [1.54, 1.807) is 56.6 Å². The minimum absolute atomic E-state index is 0.305. The molecule has 0 aliphatic carbocycles. The molecule has 0 aromatic heterocycles. The molecule has 1 amide bonds. The number of esters is 1. The number of anilines is 2. The molecule has 0 radical (unpaired) electrons. The molecule has 192 valence electrons. The summed E-state index contributed by atoms with van der Waals surface area (Å²) in [5.74, 6) is -0.409. The monoisotopic (exact) mass is 520 g/mol. The van der Waals surface area contributed by atoms with Crippen molar-refractivity contribution < 1.29 is 22.7 Å². The summed E-state index contributed by atoms with van der Waals surface area (Å²) in [5, 5.41) is 3.30. The fraction of sp³-hybridized carbons (Fsp3) is 0.185. The van der Waals surface area contributed by atoms with Crippen LogP contribution in [0.15, 0.2) is 72.8 Å². The highest BCUT2D eigenvalue weighted by atomic mass is 32.2. The van der Waals surface area contributed by atoms with E-state index in [1.807, 2.05) is 30.3 Å². The highest BCUT2D eigenvalue weighted by Gasteiger charge is 2.31. The van der Waals surface area contributed by atoms with Crippen LogP contribution in [0.25, 0.3) is 11.3 Å². The van der Waals surface area contributed by atoms with Crippen molar-refractivity contribution in [1.29, 1.82) is 0 Å². The first-order valence-corrected chi connectivity index (χ1v) is 13.3. The molecule has 0 saturated heterocycles. The van der Waals surface area contributed by atoms with Gasteiger partial charge < -0.3 is 20.7 Å². The Bertz CT molecular complexity index is 1480. The molecule has 0 fully saturated rings. The second-order valence-electron chi connectivity index (χ2n) is 8.77. The summed E-state index contributed by atoms with van der Waals surface area (Å²) in [6.07, 6.45) is 1.05. The predicted molar refractivity (Wildman–Crippen MR) is 144 cm³/mol. The molecule has 0 atom stereocenters. The van der Waals surface area contributed by atoms with Gasteiger partial charge in [0, 0.05) is 31.9 Å². The summed E-state index contributed by atoms with van der Waals surface area (Å²) in [5.41, 5.74) is 9.71. The average Bonchev–Trinajstić information content (AvgIpc) is 3.20. The van der Waals surface area contributed by atoms with Crippen molar-refractivity contribution >= 4 is 44.5 Å². The van der Waals surface area contributed by atoms with Crippen LogP contribution in [0.2, 0.25) is 0 Å². The molecular formula is C27H28N4O5S. The molecule has 9 nitrogen and oxygen atoms in total.